The highest BCUT2D eigenvalue weighted by atomic mass is 32.2. The molecule has 0 N–H and O–H groups in total. The van der Waals surface area contributed by atoms with Gasteiger partial charge in [0.25, 0.3) is 0 Å². The number of aryl methyl sites for hydroxylation is 1. The van der Waals surface area contributed by atoms with E-state index >= 15 is 0 Å². The molecule has 3 rings (SSSR count). The van der Waals surface area contributed by atoms with Crippen molar-refractivity contribution in [3.63, 3.8) is 0 Å². The number of hydrogen-bond acceptors (Lipinski definition) is 3. The van der Waals surface area contributed by atoms with Crippen LogP contribution in [-0.4, -0.2) is 17.4 Å². The van der Waals surface area contributed by atoms with Gasteiger partial charge in [0.2, 0.25) is 0 Å². The standard InChI is InChI=1S/C17H17NOS/c1-13-7-9-15(10-8-13)18-17-11-19-16(12-20-17)14-5-3-2-4-6-14/h2-10,16H,11-12H2,1H3. The number of aliphatic imine (C=N–C) groups is 1. The summed E-state index contributed by atoms with van der Waals surface area (Å²) >= 11 is 1.79. The van der Waals surface area contributed by atoms with Crippen LogP contribution in [-0.2, 0) is 4.74 Å². The predicted octanol–water partition coefficient (Wildman–Crippen LogP) is 4.53. The van der Waals surface area contributed by atoms with Crippen molar-refractivity contribution in [2.45, 2.75) is 13.0 Å². The minimum Gasteiger partial charge on any atom is -0.366 e. The molecule has 0 amide bonds. The summed E-state index contributed by atoms with van der Waals surface area (Å²) in [5.74, 6) is 0.925. The molecule has 102 valence electrons. The smallest absolute Gasteiger partial charge is 0.0998 e. The minimum atomic E-state index is 0.179. The fourth-order valence-corrected chi connectivity index (χ4v) is 3.08. The zero-order chi connectivity index (χ0) is 13.8. The number of benzene rings is 2. The van der Waals surface area contributed by atoms with Crippen LogP contribution in [0, 0.1) is 6.92 Å². The summed E-state index contributed by atoms with van der Waals surface area (Å²) in [5.41, 5.74) is 3.50. The maximum Gasteiger partial charge on any atom is 0.0998 e. The van der Waals surface area contributed by atoms with Gasteiger partial charge in [0.15, 0.2) is 0 Å². The van der Waals surface area contributed by atoms with Crippen molar-refractivity contribution in [2.24, 2.45) is 4.99 Å². The molecule has 1 aliphatic heterocycles. The third-order valence-corrected chi connectivity index (χ3v) is 4.28. The van der Waals surface area contributed by atoms with Crippen LogP contribution in [0.1, 0.15) is 17.2 Å². The summed E-state index contributed by atoms with van der Waals surface area (Å²) in [6.45, 7) is 2.68. The normalized spacial score (nSPS) is 21.1. The van der Waals surface area contributed by atoms with E-state index in [0.29, 0.717) is 6.61 Å². The van der Waals surface area contributed by atoms with E-state index in [0.717, 1.165) is 16.5 Å². The van der Waals surface area contributed by atoms with Gasteiger partial charge in [0.05, 0.1) is 23.4 Å². The second-order valence-electron chi connectivity index (χ2n) is 4.86. The highest BCUT2D eigenvalue weighted by Crippen LogP contribution is 2.29. The molecule has 0 spiro atoms. The van der Waals surface area contributed by atoms with E-state index in [1.165, 1.54) is 11.1 Å². The highest BCUT2D eigenvalue weighted by Gasteiger charge is 2.20. The first-order chi connectivity index (χ1) is 9.81. The van der Waals surface area contributed by atoms with E-state index in [1.54, 1.807) is 11.8 Å². The molecular formula is C17H17NOS. The van der Waals surface area contributed by atoms with Crippen molar-refractivity contribution < 1.29 is 4.74 Å². The lowest BCUT2D eigenvalue weighted by molar-refractivity contribution is 0.0982. The third-order valence-electron chi connectivity index (χ3n) is 3.27. The lowest BCUT2D eigenvalue weighted by atomic mass is 10.1. The summed E-state index contributed by atoms with van der Waals surface area (Å²) < 4.78 is 5.92. The summed E-state index contributed by atoms with van der Waals surface area (Å²) in [7, 11) is 0. The molecule has 1 saturated heterocycles. The monoisotopic (exact) mass is 283 g/mol. The van der Waals surface area contributed by atoms with Crippen LogP contribution in [0.2, 0.25) is 0 Å². The molecule has 1 fully saturated rings. The molecule has 3 heteroatoms. The zero-order valence-corrected chi connectivity index (χ0v) is 12.3. The van der Waals surface area contributed by atoms with Gasteiger partial charge in [-0.15, -0.1) is 11.8 Å². The molecule has 0 radical (unpaired) electrons. The Morgan fingerprint density at radius 3 is 2.45 bits per heavy atom. The topological polar surface area (TPSA) is 21.6 Å². The average Bonchev–Trinajstić information content (AvgIpc) is 2.51. The molecule has 2 aromatic carbocycles. The van der Waals surface area contributed by atoms with Gasteiger partial charge in [0, 0.05) is 5.75 Å². The van der Waals surface area contributed by atoms with Gasteiger partial charge in [-0.05, 0) is 24.6 Å². The van der Waals surface area contributed by atoms with E-state index < -0.39 is 0 Å². The SMILES string of the molecule is Cc1ccc(N=C2COC(c3ccccc3)CS2)cc1. The molecule has 20 heavy (non-hydrogen) atoms. The molecule has 1 unspecified atom stereocenters. The predicted molar refractivity (Wildman–Crippen MR) is 85.9 cm³/mol. The van der Waals surface area contributed by atoms with Crippen molar-refractivity contribution in [3.8, 4) is 0 Å². The Morgan fingerprint density at radius 2 is 1.80 bits per heavy atom. The highest BCUT2D eigenvalue weighted by molar-refractivity contribution is 8.14. The molecule has 0 aromatic heterocycles. The Balaban J connectivity index is 1.65. The van der Waals surface area contributed by atoms with Crippen molar-refractivity contribution in [3.05, 3.63) is 65.7 Å². The van der Waals surface area contributed by atoms with E-state index in [-0.39, 0.29) is 6.10 Å². The molecule has 1 aliphatic rings. The van der Waals surface area contributed by atoms with Gasteiger partial charge in [-0.1, -0.05) is 48.0 Å². The van der Waals surface area contributed by atoms with Crippen molar-refractivity contribution >= 4 is 22.5 Å². The van der Waals surface area contributed by atoms with Crippen LogP contribution in [0.4, 0.5) is 5.69 Å². The van der Waals surface area contributed by atoms with Gasteiger partial charge in [-0.3, -0.25) is 0 Å². The van der Waals surface area contributed by atoms with Crippen LogP contribution in [0.3, 0.4) is 0 Å². The largest absolute Gasteiger partial charge is 0.366 e. The van der Waals surface area contributed by atoms with Gasteiger partial charge in [0.1, 0.15) is 0 Å². The molecule has 1 heterocycles. The average molecular weight is 283 g/mol. The number of ether oxygens (including phenoxy) is 1. The Kier molecular flexibility index (Phi) is 4.19. The van der Waals surface area contributed by atoms with E-state index in [2.05, 4.69) is 48.3 Å². The van der Waals surface area contributed by atoms with Gasteiger partial charge >= 0.3 is 0 Å². The van der Waals surface area contributed by atoms with Crippen LogP contribution in [0.15, 0.2) is 59.6 Å². The zero-order valence-electron chi connectivity index (χ0n) is 11.5. The van der Waals surface area contributed by atoms with Gasteiger partial charge in [-0.25, -0.2) is 4.99 Å². The third kappa shape index (κ3) is 3.30. The van der Waals surface area contributed by atoms with E-state index in [9.17, 15) is 0 Å². The summed E-state index contributed by atoms with van der Waals surface area (Å²) in [6.07, 6.45) is 0.179. The minimum absolute atomic E-state index is 0.179. The van der Waals surface area contributed by atoms with E-state index in [4.69, 9.17) is 4.74 Å². The second-order valence-corrected chi connectivity index (χ2v) is 5.96. The molecule has 0 aliphatic carbocycles. The molecule has 2 nitrogen and oxygen atoms in total. The van der Waals surface area contributed by atoms with Crippen LogP contribution in [0.25, 0.3) is 0 Å². The fraction of sp³-hybridized carbons (Fsp3) is 0.235. The summed E-state index contributed by atoms with van der Waals surface area (Å²) in [5, 5.41) is 1.06. The second kappa shape index (κ2) is 6.25. The van der Waals surface area contributed by atoms with Crippen LogP contribution in [0.5, 0.6) is 0 Å². The molecule has 0 bridgehead atoms. The van der Waals surface area contributed by atoms with Gasteiger partial charge < -0.3 is 4.74 Å². The van der Waals surface area contributed by atoms with E-state index in [1.807, 2.05) is 18.2 Å². The van der Waals surface area contributed by atoms with Crippen LogP contribution < -0.4 is 0 Å². The van der Waals surface area contributed by atoms with Crippen LogP contribution >= 0.6 is 11.8 Å². The number of thioether (sulfide) groups is 1. The van der Waals surface area contributed by atoms with Crippen molar-refractivity contribution in [1.82, 2.24) is 0 Å². The first-order valence-electron chi connectivity index (χ1n) is 6.75. The van der Waals surface area contributed by atoms with Crippen molar-refractivity contribution in [1.29, 1.82) is 0 Å². The number of nitrogens with zero attached hydrogens (tertiary/aromatic N) is 1. The molecule has 1 atom stereocenters. The molecule has 0 saturated carbocycles. The Morgan fingerprint density at radius 1 is 1.05 bits per heavy atom. The molecular weight excluding hydrogens is 266 g/mol. The maximum absolute atomic E-state index is 5.92. The maximum atomic E-state index is 5.92. The quantitative estimate of drug-likeness (QED) is 0.807. The van der Waals surface area contributed by atoms with Gasteiger partial charge in [-0.2, -0.15) is 0 Å². The van der Waals surface area contributed by atoms with Crippen molar-refractivity contribution in [2.75, 3.05) is 12.4 Å². The molecule has 2 aromatic rings. The number of hydrogen-bond donors (Lipinski definition) is 0. The number of rotatable bonds is 2. The summed E-state index contributed by atoms with van der Waals surface area (Å²) in [4.78, 5) is 4.64. The first kappa shape index (κ1) is 13.4. The Hall–Kier alpha value is -1.58. The Labute approximate surface area is 123 Å². The lowest BCUT2D eigenvalue weighted by Gasteiger charge is -2.23. The Bertz CT molecular complexity index is 582. The fourth-order valence-electron chi connectivity index (χ4n) is 2.12. The first-order valence-corrected chi connectivity index (χ1v) is 7.73. The summed E-state index contributed by atoms with van der Waals surface area (Å²) in [6, 6.07) is 18.6. The lowest BCUT2D eigenvalue weighted by Crippen LogP contribution is -2.19.